The predicted octanol–water partition coefficient (Wildman–Crippen LogP) is 3.04. The molecule has 2 atom stereocenters. The van der Waals surface area contributed by atoms with Crippen LogP contribution in [0.25, 0.3) is 6.08 Å². The minimum Gasteiger partial charge on any atom is -0.488 e. The molecule has 0 unspecified atom stereocenters. The summed E-state index contributed by atoms with van der Waals surface area (Å²) in [5.74, 6) is -0.212. The molecule has 4 rings (SSSR count). The highest BCUT2D eigenvalue weighted by Gasteiger charge is 2.28. The van der Waals surface area contributed by atoms with Crippen molar-refractivity contribution in [3.8, 4) is 5.75 Å². The van der Waals surface area contributed by atoms with E-state index >= 15 is 0 Å². The van der Waals surface area contributed by atoms with Gasteiger partial charge in [0.05, 0.1) is 11.7 Å². The van der Waals surface area contributed by atoms with Crippen LogP contribution in [0.3, 0.4) is 0 Å². The van der Waals surface area contributed by atoms with Gasteiger partial charge >= 0.3 is 5.97 Å². The summed E-state index contributed by atoms with van der Waals surface area (Å²) >= 11 is 0. The van der Waals surface area contributed by atoms with Gasteiger partial charge in [0, 0.05) is 24.3 Å². The molecule has 1 saturated heterocycles. The summed E-state index contributed by atoms with van der Waals surface area (Å²) in [6, 6.07) is 16.5. The second kappa shape index (κ2) is 8.92. The molecule has 0 aliphatic carbocycles. The highest BCUT2D eigenvalue weighted by molar-refractivity contribution is 5.97. The minimum atomic E-state index is -1.04. The number of hydrogen-bond acceptors (Lipinski definition) is 5. The summed E-state index contributed by atoms with van der Waals surface area (Å²) < 4.78 is 16.8. The van der Waals surface area contributed by atoms with Gasteiger partial charge in [0.15, 0.2) is 0 Å². The number of benzene rings is 2. The van der Waals surface area contributed by atoms with Crippen molar-refractivity contribution < 1.29 is 23.8 Å². The normalized spacial score (nSPS) is 18.8. The predicted molar refractivity (Wildman–Crippen MR) is 107 cm³/mol. The topological polar surface area (TPSA) is 73.9 Å². The Morgan fingerprint density at radius 1 is 1.10 bits per heavy atom. The van der Waals surface area contributed by atoms with Crippen molar-refractivity contribution in [2.45, 2.75) is 25.0 Å². The molecule has 2 aromatic carbocycles. The lowest BCUT2D eigenvalue weighted by atomic mass is 10.1. The third kappa shape index (κ3) is 4.66. The molecular formula is C23H23NO5. The van der Waals surface area contributed by atoms with Gasteiger partial charge in [-0.15, -0.1) is 0 Å². The lowest BCUT2D eigenvalue weighted by Crippen LogP contribution is -2.37. The maximum Gasteiger partial charge on any atom is 0.338 e. The monoisotopic (exact) mass is 393 g/mol. The zero-order valence-electron chi connectivity index (χ0n) is 16.0. The quantitative estimate of drug-likeness (QED) is 0.764. The Kier molecular flexibility index (Phi) is 5.91. The van der Waals surface area contributed by atoms with E-state index in [1.165, 1.54) is 0 Å². The molecule has 1 amide bonds. The minimum absolute atomic E-state index is 0.0111. The third-order valence-corrected chi connectivity index (χ3v) is 4.99. The number of rotatable bonds is 6. The SMILES string of the molecule is O=C(O[C@H](C(=O)NC[C@@H]1CCCO1)c1ccccc1)C1=Cc2ccccc2OC1. The fraction of sp³-hybridized carbons (Fsp3) is 0.304. The van der Waals surface area contributed by atoms with Crippen LogP contribution in [0.1, 0.15) is 30.1 Å². The Labute approximate surface area is 169 Å². The summed E-state index contributed by atoms with van der Waals surface area (Å²) in [5, 5.41) is 2.86. The Morgan fingerprint density at radius 2 is 1.90 bits per heavy atom. The molecule has 6 heteroatoms. The molecule has 2 aliphatic rings. The zero-order valence-corrected chi connectivity index (χ0v) is 16.0. The Bertz CT molecular complexity index is 902. The Morgan fingerprint density at radius 3 is 2.69 bits per heavy atom. The van der Waals surface area contributed by atoms with Gasteiger partial charge in [-0.05, 0) is 25.0 Å². The Balaban J connectivity index is 1.48. The molecule has 1 N–H and O–H groups in total. The molecule has 0 bridgehead atoms. The van der Waals surface area contributed by atoms with Gasteiger partial charge in [0.1, 0.15) is 12.4 Å². The van der Waals surface area contributed by atoms with Gasteiger partial charge < -0.3 is 19.5 Å². The van der Waals surface area contributed by atoms with E-state index in [1.54, 1.807) is 18.2 Å². The van der Waals surface area contributed by atoms with Gasteiger partial charge in [-0.25, -0.2) is 4.79 Å². The number of fused-ring (bicyclic) bond motifs is 1. The zero-order chi connectivity index (χ0) is 20.1. The van der Waals surface area contributed by atoms with Crippen molar-refractivity contribution in [1.82, 2.24) is 5.32 Å². The third-order valence-electron chi connectivity index (χ3n) is 4.99. The first-order chi connectivity index (χ1) is 14.2. The van der Waals surface area contributed by atoms with Crippen LogP contribution in [0, 0.1) is 0 Å². The van der Waals surface area contributed by atoms with Crippen LogP contribution in [0.4, 0.5) is 0 Å². The first-order valence-corrected chi connectivity index (χ1v) is 9.78. The summed E-state index contributed by atoms with van der Waals surface area (Å²) in [4.78, 5) is 25.6. The summed E-state index contributed by atoms with van der Waals surface area (Å²) in [6.07, 6.45) is 2.63. The summed E-state index contributed by atoms with van der Waals surface area (Å²) in [6.45, 7) is 1.22. The van der Waals surface area contributed by atoms with Crippen LogP contribution < -0.4 is 10.1 Å². The fourth-order valence-electron chi connectivity index (χ4n) is 3.43. The number of hydrogen-bond donors (Lipinski definition) is 1. The van der Waals surface area contributed by atoms with Crippen molar-refractivity contribution in [2.24, 2.45) is 0 Å². The van der Waals surface area contributed by atoms with E-state index in [0.717, 1.165) is 24.2 Å². The second-order valence-electron chi connectivity index (χ2n) is 7.07. The number of ether oxygens (including phenoxy) is 3. The van der Waals surface area contributed by atoms with Crippen molar-refractivity contribution in [3.63, 3.8) is 0 Å². The van der Waals surface area contributed by atoms with Gasteiger partial charge in [0.25, 0.3) is 5.91 Å². The molecule has 29 heavy (non-hydrogen) atoms. The maximum absolute atomic E-state index is 12.8. The molecule has 2 aromatic rings. The summed E-state index contributed by atoms with van der Waals surface area (Å²) in [5.41, 5.74) is 1.80. The smallest absolute Gasteiger partial charge is 0.338 e. The van der Waals surface area contributed by atoms with Crippen LogP contribution in [0.2, 0.25) is 0 Å². The molecular weight excluding hydrogens is 370 g/mol. The largest absolute Gasteiger partial charge is 0.488 e. The van der Waals surface area contributed by atoms with Crippen molar-refractivity contribution in [1.29, 1.82) is 0 Å². The van der Waals surface area contributed by atoms with Gasteiger partial charge in [-0.1, -0.05) is 48.5 Å². The lowest BCUT2D eigenvalue weighted by molar-refractivity contribution is -0.153. The van der Waals surface area contributed by atoms with E-state index < -0.39 is 12.1 Å². The number of esters is 1. The molecule has 2 heterocycles. The van der Waals surface area contributed by atoms with E-state index in [1.807, 2.05) is 42.5 Å². The molecule has 1 fully saturated rings. The fourth-order valence-corrected chi connectivity index (χ4v) is 3.43. The van der Waals surface area contributed by atoms with Crippen LogP contribution in [-0.4, -0.2) is 37.7 Å². The number of amides is 1. The van der Waals surface area contributed by atoms with Gasteiger partial charge in [-0.2, -0.15) is 0 Å². The first-order valence-electron chi connectivity index (χ1n) is 9.78. The number of nitrogens with one attached hydrogen (secondary N) is 1. The van der Waals surface area contributed by atoms with Crippen molar-refractivity contribution >= 4 is 18.0 Å². The molecule has 2 aliphatic heterocycles. The average molecular weight is 393 g/mol. The molecule has 0 aromatic heterocycles. The van der Waals surface area contributed by atoms with Crippen molar-refractivity contribution in [3.05, 3.63) is 71.3 Å². The van der Waals surface area contributed by atoms with E-state index in [-0.39, 0.29) is 18.6 Å². The second-order valence-corrected chi connectivity index (χ2v) is 7.07. The number of para-hydroxylation sites is 1. The molecule has 0 spiro atoms. The van der Waals surface area contributed by atoms with Crippen LogP contribution in [0.15, 0.2) is 60.2 Å². The first kappa shape index (κ1) is 19.2. The van der Waals surface area contributed by atoms with Crippen LogP contribution in [-0.2, 0) is 19.1 Å². The summed E-state index contributed by atoms with van der Waals surface area (Å²) in [7, 11) is 0. The van der Waals surface area contributed by atoms with Crippen LogP contribution in [0.5, 0.6) is 5.75 Å². The number of carbonyl (C=O) groups is 2. The molecule has 6 nitrogen and oxygen atoms in total. The maximum atomic E-state index is 12.8. The highest BCUT2D eigenvalue weighted by Crippen LogP contribution is 2.27. The standard InChI is InChI=1S/C23H23NO5/c25-22(24-14-19-10-6-12-27-19)21(16-7-2-1-3-8-16)29-23(26)18-13-17-9-4-5-11-20(17)28-15-18/h1-5,7-9,11,13,19,21H,6,10,12,14-15H2,(H,24,25)/t19-,21-/m0/s1. The highest BCUT2D eigenvalue weighted by atomic mass is 16.6. The van der Waals surface area contributed by atoms with E-state index in [2.05, 4.69) is 5.32 Å². The lowest BCUT2D eigenvalue weighted by Gasteiger charge is -2.21. The van der Waals surface area contributed by atoms with E-state index in [4.69, 9.17) is 14.2 Å². The van der Waals surface area contributed by atoms with E-state index in [9.17, 15) is 9.59 Å². The van der Waals surface area contributed by atoms with Crippen LogP contribution >= 0.6 is 0 Å². The van der Waals surface area contributed by atoms with Gasteiger partial charge in [-0.3, -0.25) is 4.79 Å². The molecule has 0 saturated carbocycles. The number of carbonyl (C=O) groups excluding carboxylic acids is 2. The molecule has 0 radical (unpaired) electrons. The molecule has 150 valence electrons. The van der Waals surface area contributed by atoms with Crippen molar-refractivity contribution in [2.75, 3.05) is 19.8 Å². The van der Waals surface area contributed by atoms with E-state index in [0.29, 0.717) is 24.3 Å². The Hall–Kier alpha value is -3.12. The average Bonchev–Trinajstić information content (AvgIpc) is 3.29. The van der Waals surface area contributed by atoms with Gasteiger partial charge in [0.2, 0.25) is 6.10 Å².